The molecular formula is C11H13ClN4O4S. The lowest BCUT2D eigenvalue weighted by molar-refractivity contribution is 0.197. The average molecular weight is 333 g/mol. The van der Waals surface area contributed by atoms with Crippen LogP contribution in [0.2, 0.25) is 5.28 Å². The lowest BCUT2D eigenvalue weighted by Crippen LogP contribution is -2.16. The first kappa shape index (κ1) is 15.5. The third-order valence-electron chi connectivity index (χ3n) is 2.49. The second-order valence-electron chi connectivity index (χ2n) is 3.99. The van der Waals surface area contributed by atoms with Gasteiger partial charge in [-0.3, -0.25) is 4.72 Å². The number of imidazole rings is 1. The highest BCUT2D eigenvalue weighted by atomic mass is 35.5. The van der Waals surface area contributed by atoms with Crippen molar-refractivity contribution in [2.75, 3.05) is 17.9 Å². The molecule has 0 aromatic carbocycles. The van der Waals surface area contributed by atoms with Crippen molar-refractivity contribution in [3.63, 3.8) is 0 Å². The molecule has 10 heteroatoms. The van der Waals surface area contributed by atoms with Crippen LogP contribution in [0.15, 0.2) is 29.6 Å². The normalized spacial score (nSPS) is 11.4. The minimum absolute atomic E-state index is 0.0619. The van der Waals surface area contributed by atoms with E-state index in [9.17, 15) is 8.42 Å². The standard InChI is InChI=1S/C11H13ClN4O4S/c1-16-10(7-14-11(16)12)21(18,19)15-8-2-3-9(13-6-8)20-5-4-17/h2-3,6-7,15,17H,4-5H2,1H3. The van der Waals surface area contributed by atoms with Gasteiger partial charge in [-0.15, -0.1) is 0 Å². The van der Waals surface area contributed by atoms with Gasteiger partial charge >= 0.3 is 0 Å². The van der Waals surface area contributed by atoms with Crippen molar-refractivity contribution >= 4 is 27.3 Å². The van der Waals surface area contributed by atoms with Gasteiger partial charge in [-0.25, -0.2) is 9.97 Å². The van der Waals surface area contributed by atoms with Gasteiger partial charge in [0.05, 0.1) is 24.7 Å². The molecule has 0 radical (unpaired) electrons. The van der Waals surface area contributed by atoms with Crippen LogP contribution in [0.1, 0.15) is 0 Å². The molecule has 0 aliphatic heterocycles. The Morgan fingerprint density at radius 2 is 2.14 bits per heavy atom. The summed E-state index contributed by atoms with van der Waals surface area (Å²) in [6, 6.07) is 2.99. The van der Waals surface area contributed by atoms with E-state index < -0.39 is 10.0 Å². The molecule has 0 bridgehead atoms. The summed E-state index contributed by atoms with van der Waals surface area (Å²) in [5.74, 6) is 0.288. The highest BCUT2D eigenvalue weighted by Gasteiger charge is 2.20. The van der Waals surface area contributed by atoms with E-state index in [-0.39, 0.29) is 35.1 Å². The van der Waals surface area contributed by atoms with Crippen LogP contribution in [0.3, 0.4) is 0 Å². The van der Waals surface area contributed by atoms with Crippen LogP contribution in [0.4, 0.5) is 5.69 Å². The van der Waals surface area contributed by atoms with Crippen molar-refractivity contribution < 1.29 is 18.3 Å². The maximum atomic E-state index is 12.2. The summed E-state index contributed by atoms with van der Waals surface area (Å²) in [7, 11) is -2.31. The molecule has 2 N–H and O–H groups in total. The molecular weight excluding hydrogens is 320 g/mol. The number of aromatic nitrogens is 3. The number of ether oxygens (including phenoxy) is 1. The quantitative estimate of drug-likeness (QED) is 0.804. The molecule has 2 aromatic heterocycles. The number of sulfonamides is 1. The van der Waals surface area contributed by atoms with Crippen LogP contribution in [0, 0.1) is 0 Å². The van der Waals surface area contributed by atoms with Crippen LogP contribution >= 0.6 is 11.6 Å². The van der Waals surface area contributed by atoms with Gasteiger partial charge in [0.15, 0.2) is 5.03 Å². The number of hydrogen-bond donors (Lipinski definition) is 2. The van der Waals surface area contributed by atoms with E-state index in [1.165, 1.54) is 29.9 Å². The van der Waals surface area contributed by atoms with Crippen molar-refractivity contribution in [2.45, 2.75) is 5.03 Å². The topological polar surface area (TPSA) is 106 Å². The number of aliphatic hydroxyl groups is 1. The Hall–Kier alpha value is -1.84. The maximum Gasteiger partial charge on any atom is 0.279 e. The van der Waals surface area contributed by atoms with Gasteiger partial charge < -0.3 is 14.4 Å². The number of rotatable bonds is 6. The van der Waals surface area contributed by atoms with Crippen molar-refractivity contribution in [1.82, 2.24) is 14.5 Å². The molecule has 0 aliphatic rings. The Balaban J connectivity index is 2.15. The van der Waals surface area contributed by atoms with Crippen molar-refractivity contribution in [3.05, 3.63) is 29.8 Å². The number of nitrogens with zero attached hydrogens (tertiary/aromatic N) is 3. The predicted molar refractivity (Wildman–Crippen MR) is 75.8 cm³/mol. The molecule has 2 aromatic rings. The highest BCUT2D eigenvalue weighted by molar-refractivity contribution is 7.92. The third kappa shape index (κ3) is 3.63. The van der Waals surface area contributed by atoms with Crippen LogP contribution in [-0.4, -0.2) is 41.3 Å². The van der Waals surface area contributed by atoms with Gasteiger partial charge in [0.25, 0.3) is 10.0 Å². The van der Waals surface area contributed by atoms with Gasteiger partial charge in [0, 0.05) is 13.1 Å². The molecule has 0 unspecified atom stereocenters. The van der Waals surface area contributed by atoms with E-state index in [1.807, 2.05) is 0 Å². The number of aliphatic hydroxyl groups excluding tert-OH is 1. The van der Waals surface area contributed by atoms with E-state index in [0.717, 1.165) is 6.20 Å². The summed E-state index contributed by atoms with van der Waals surface area (Å²) in [6.07, 6.45) is 2.47. The Labute approximate surface area is 126 Å². The lowest BCUT2D eigenvalue weighted by Gasteiger charge is -2.09. The van der Waals surface area contributed by atoms with Crippen LogP contribution in [0.25, 0.3) is 0 Å². The Morgan fingerprint density at radius 3 is 2.67 bits per heavy atom. The van der Waals surface area contributed by atoms with E-state index in [2.05, 4.69) is 14.7 Å². The minimum atomic E-state index is -3.81. The van der Waals surface area contributed by atoms with Crippen molar-refractivity contribution in [1.29, 1.82) is 0 Å². The zero-order chi connectivity index (χ0) is 15.5. The lowest BCUT2D eigenvalue weighted by atomic mass is 10.4. The fraction of sp³-hybridized carbons (Fsp3) is 0.273. The van der Waals surface area contributed by atoms with E-state index in [4.69, 9.17) is 21.4 Å². The van der Waals surface area contributed by atoms with Crippen molar-refractivity contribution in [2.24, 2.45) is 7.05 Å². The van der Waals surface area contributed by atoms with Crippen LogP contribution in [-0.2, 0) is 17.1 Å². The summed E-state index contributed by atoms with van der Waals surface area (Å²) >= 11 is 5.72. The third-order valence-corrected chi connectivity index (χ3v) is 4.28. The molecule has 0 fully saturated rings. The fourth-order valence-electron chi connectivity index (χ4n) is 1.51. The smallest absolute Gasteiger partial charge is 0.279 e. The first-order valence-corrected chi connectivity index (χ1v) is 7.70. The van der Waals surface area contributed by atoms with Gasteiger partial charge in [-0.2, -0.15) is 8.42 Å². The molecule has 0 atom stereocenters. The number of hydrogen-bond acceptors (Lipinski definition) is 6. The van der Waals surface area contributed by atoms with Crippen molar-refractivity contribution in [3.8, 4) is 5.88 Å². The van der Waals surface area contributed by atoms with Crippen LogP contribution < -0.4 is 9.46 Å². The monoisotopic (exact) mass is 332 g/mol. The molecule has 114 valence electrons. The molecule has 0 saturated heterocycles. The fourth-order valence-corrected chi connectivity index (χ4v) is 2.87. The number of anilines is 1. The molecule has 2 rings (SSSR count). The summed E-state index contributed by atoms with van der Waals surface area (Å²) in [5, 5.41) is 8.63. The van der Waals surface area contributed by atoms with Gasteiger partial charge in [0.2, 0.25) is 11.2 Å². The second-order valence-corrected chi connectivity index (χ2v) is 5.95. The molecule has 0 saturated carbocycles. The van der Waals surface area contributed by atoms with Crippen LogP contribution in [0.5, 0.6) is 5.88 Å². The SMILES string of the molecule is Cn1c(S(=O)(=O)Nc2ccc(OCCO)nc2)cnc1Cl. The average Bonchev–Trinajstić information content (AvgIpc) is 2.78. The second kappa shape index (κ2) is 6.29. The number of halogens is 1. The highest BCUT2D eigenvalue weighted by Crippen LogP contribution is 2.19. The molecule has 0 amide bonds. The minimum Gasteiger partial charge on any atom is -0.475 e. The zero-order valence-corrected chi connectivity index (χ0v) is 12.6. The van der Waals surface area contributed by atoms with E-state index >= 15 is 0 Å². The summed E-state index contributed by atoms with van der Waals surface area (Å²) < 4.78 is 33.0. The first-order valence-electron chi connectivity index (χ1n) is 5.84. The molecule has 21 heavy (non-hydrogen) atoms. The Bertz CT molecular complexity index is 714. The molecule has 2 heterocycles. The summed E-state index contributed by atoms with van der Waals surface area (Å²) in [5.41, 5.74) is 0.267. The summed E-state index contributed by atoms with van der Waals surface area (Å²) in [4.78, 5) is 7.63. The molecule has 8 nitrogen and oxygen atoms in total. The number of nitrogens with one attached hydrogen (secondary N) is 1. The molecule has 0 aliphatic carbocycles. The first-order chi connectivity index (χ1) is 9.94. The Morgan fingerprint density at radius 1 is 1.38 bits per heavy atom. The van der Waals surface area contributed by atoms with Gasteiger partial charge in [-0.05, 0) is 17.7 Å². The van der Waals surface area contributed by atoms with E-state index in [0.29, 0.717) is 0 Å². The van der Waals surface area contributed by atoms with Gasteiger partial charge in [-0.1, -0.05) is 0 Å². The maximum absolute atomic E-state index is 12.2. The Kier molecular flexibility index (Phi) is 4.66. The van der Waals surface area contributed by atoms with Gasteiger partial charge in [0.1, 0.15) is 6.61 Å². The summed E-state index contributed by atoms with van der Waals surface area (Å²) in [6.45, 7) is -0.0110. The molecule has 0 spiro atoms. The number of pyridine rings is 1. The van der Waals surface area contributed by atoms with E-state index in [1.54, 1.807) is 0 Å². The predicted octanol–water partition coefficient (Wildman–Crippen LogP) is 0.640. The zero-order valence-electron chi connectivity index (χ0n) is 11.0. The largest absolute Gasteiger partial charge is 0.475 e.